The summed E-state index contributed by atoms with van der Waals surface area (Å²) in [7, 11) is 0. The number of nitrogens with zero attached hydrogens (tertiary/aromatic N) is 2. The van der Waals surface area contributed by atoms with Crippen LogP contribution in [0.3, 0.4) is 0 Å². The van der Waals surface area contributed by atoms with Gasteiger partial charge in [0.15, 0.2) is 0 Å². The number of anilines is 1. The summed E-state index contributed by atoms with van der Waals surface area (Å²) in [6, 6.07) is 12.6. The molecule has 3 saturated heterocycles. The molecule has 3 fully saturated rings. The van der Waals surface area contributed by atoms with Gasteiger partial charge in [-0.05, 0) is 62.3 Å². The second kappa shape index (κ2) is 16.5. The van der Waals surface area contributed by atoms with E-state index in [1.165, 1.54) is 4.90 Å². The number of likely N-dealkylation sites (tertiary alicyclic amines) is 1. The molecule has 2 aromatic carbocycles. The standard InChI is InChI=1S/C41H52BrN3O7/c1-8-11-17-32(47)43-27(7)35(28-15-13-12-14-16-28)51-40(50)33-34-38(48)45(31(23-46)25(5)10-3)37(41(34)22-29(42)36(33)52-41)39(49)44(20-9-2)30-21-24(4)18-19-26(30)6/h8-9,12-16,18-19,21,25,27,29,31,33-37,46H,1-2,10-11,17,20,22-23H2,3-7H3,(H,43,47)/t25-,27+,29?,31-,33-,34+,35+,36-,37-,41+/m0/s1. The molecule has 1 spiro atoms. The number of ether oxygens (including phenoxy) is 2. The normalized spacial score (nSPS) is 26.9. The van der Waals surface area contributed by atoms with Crippen molar-refractivity contribution in [3.63, 3.8) is 0 Å². The van der Waals surface area contributed by atoms with Gasteiger partial charge in [-0.2, -0.15) is 0 Å². The van der Waals surface area contributed by atoms with Crippen LogP contribution in [0.15, 0.2) is 73.8 Å². The first-order valence-electron chi connectivity index (χ1n) is 18.2. The Morgan fingerprint density at radius 3 is 2.50 bits per heavy atom. The lowest BCUT2D eigenvalue weighted by molar-refractivity contribution is -0.162. The van der Waals surface area contributed by atoms with E-state index in [-0.39, 0.29) is 42.1 Å². The molecule has 10 atom stereocenters. The van der Waals surface area contributed by atoms with E-state index < -0.39 is 59.6 Å². The summed E-state index contributed by atoms with van der Waals surface area (Å²) < 4.78 is 13.1. The Hall–Kier alpha value is -3.80. The van der Waals surface area contributed by atoms with Gasteiger partial charge in [0.2, 0.25) is 11.8 Å². The number of nitrogens with one attached hydrogen (secondary N) is 1. The van der Waals surface area contributed by atoms with Gasteiger partial charge in [0.05, 0.1) is 36.6 Å². The van der Waals surface area contributed by atoms with Crippen LogP contribution in [-0.4, -0.2) is 81.5 Å². The number of aliphatic hydroxyl groups is 1. The quantitative estimate of drug-likeness (QED) is 0.127. The Kier molecular flexibility index (Phi) is 12.5. The third-order valence-corrected chi connectivity index (χ3v) is 11.9. The van der Waals surface area contributed by atoms with Crippen LogP contribution >= 0.6 is 15.9 Å². The number of esters is 1. The summed E-state index contributed by atoms with van der Waals surface area (Å²) in [6.45, 7) is 17.0. The third kappa shape index (κ3) is 7.24. The summed E-state index contributed by atoms with van der Waals surface area (Å²) in [5.41, 5.74) is 1.84. The van der Waals surface area contributed by atoms with Crippen molar-refractivity contribution in [1.29, 1.82) is 0 Å². The summed E-state index contributed by atoms with van der Waals surface area (Å²) in [4.78, 5) is 60.2. The zero-order valence-electron chi connectivity index (χ0n) is 30.8. The molecule has 5 rings (SSSR count). The lowest BCUT2D eigenvalue weighted by atomic mass is 9.70. The van der Waals surface area contributed by atoms with Crippen molar-refractivity contribution in [2.24, 2.45) is 17.8 Å². The van der Waals surface area contributed by atoms with Crippen molar-refractivity contribution >= 4 is 45.3 Å². The van der Waals surface area contributed by atoms with Gasteiger partial charge >= 0.3 is 5.97 Å². The molecule has 0 saturated carbocycles. The molecule has 0 aliphatic carbocycles. The van der Waals surface area contributed by atoms with Crippen LogP contribution < -0.4 is 10.2 Å². The number of aliphatic hydroxyl groups excluding tert-OH is 1. The molecule has 52 heavy (non-hydrogen) atoms. The molecule has 3 heterocycles. The Morgan fingerprint density at radius 1 is 1.15 bits per heavy atom. The molecular formula is C41H52BrN3O7. The molecule has 2 bridgehead atoms. The number of hydrogen-bond donors (Lipinski definition) is 2. The first-order chi connectivity index (χ1) is 24.8. The lowest BCUT2D eigenvalue weighted by Crippen LogP contribution is -2.60. The SMILES string of the molecule is C=CCCC(=O)N[C@H](C)[C@@H](OC(=O)[C@@H]1[C@H]2O[C@@]3(CC2Br)[C@H](C(=O)N(CC=C)c2cc(C)ccc2C)N([C@@H](CO)[C@@H](C)CC)C(=O)[C@@H]13)c1ccccc1. The average Bonchev–Trinajstić information content (AvgIpc) is 3.73. The van der Waals surface area contributed by atoms with E-state index in [2.05, 4.69) is 34.4 Å². The summed E-state index contributed by atoms with van der Waals surface area (Å²) in [5, 5.41) is 13.8. The topological polar surface area (TPSA) is 125 Å². The lowest BCUT2D eigenvalue weighted by Gasteiger charge is -2.41. The highest BCUT2D eigenvalue weighted by molar-refractivity contribution is 9.09. The summed E-state index contributed by atoms with van der Waals surface area (Å²) in [6.07, 6.45) is 3.39. The first-order valence-corrected chi connectivity index (χ1v) is 19.2. The van der Waals surface area contributed by atoms with Crippen molar-refractivity contribution < 1.29 is 33.8 Å². The number of alkyl halides is 1. The highest BCUT2D eigenvalue weighted by Crippen LogP contribution is 2.61. The maximum absolute atomic E-state index is 15.2. The number of carbonyl (C=O) groups excluding carboxylic acids is 4. The van der Waals surface area contributed by atoms with Crippen molar-refractivity contribution in [2.45, 2.75) is 101 Å². The number of benzene rings is 2. The van der Waals surface area contributed by atoms with Gasteiger partial charge in [-0.15, -0.1) is 13.2 Å². The van der Waals surface area contributed by atoms with E-state index in [0.29, 0.717) is 30.5 Å². The van der Waals surface area contributed by atoms with E-state index in [4.69, 9.17) is 9.47 Å². The smallest absolute Gasteiger partial charge is 0.313 e. The van der Waals surface area contributed by atoms with Crippen LogP contribution in [-0.2, 0) is 28.7 Å². The number of carbonyl (C=O) groups is 4. The molecule has 11 heteroatoms. The van der Waals surface area contributed by atoms with Crippen molar-refractivity contribution in [3.8, 4) is 0 Å². The number of allylic oxidation sites excluding steroid dienone is 1. The molecule has 10 nitrogen and oxygen atoms in total. The van der Waals surface area contributed by atoms with E-state index >= 15 is 4.79 Å². The molecule has 1 unspecified atom stereocenters. The van der Waals surface area contributed by atoms with E-state index in [0.717, 1.165) is 11.1 Å². The first kappa shape index (κ1) is 39.4. The second-order valence-corrected chi connectivity index (χ2v) is 15.7. The average molecular weight is 779 g/mol. The second-order valence-electron chi connectivity index (χ2n) is 14.5. The van der Waals surface area contributed by atoms with E-state index in [9.17, 15) is 19.5 Å². The van der Waals surface area contributed by atoms with Gasteiger partial charge in [-0.1, -0.05) is 90.8 Å². The van der Waals surface area contributed by atoms with Crippen molar-refractivity contribution in [2.75, 3.05) is 18.1 Å². The predicted molar refractivity (Wildman–Crippen MR) is 204 cm³/mol. The molecule has 2 aromatic rings. The molecule has 0 radical (unpaired) electrons. The Bertz CT molecular complexity index is 1670. The number of fused-ring (bicyclic) bond motifs is 1. The maximum Gasteiger partial charge on any atom is 0.313 e. The van der Waals surface area contributed by atoms with Crippen molar-refractivity contribution in [3.05, 3.63) is 90.5 Å². The van der Waals surface area contributed by atoms with Gasteiger partial charge < -0.3 is 29.7 Å². The number of rotatable bonds is 16. The van der Waals surface area contributed by atoms with Crippen molar-refractivity contribution in [1.82, 2.24) is 10.2 Å². The fraction of sp³-hybridized carbons (Fsp3) is 0.512. The van der Waals surface area contributed by atoms with E-state index in [1.807, 2.05) is 76.2 Å². The highest BCUT2D eigenvalue weighted by Gasteiger charge is 2.78. The van der Waals surface area contributed by atoms with Gasteiger partial charge in [0, 0.05) is 23.5 Å². The van der Waals surface area contributed by atoms with Gasteiger partial charge in [-0.3, -0.25) is 19.2 Å². The van der Waals surface area contributed by atoms with Crippen LogP contribution in [0, 0.1) is 31.6 Å². The minimum absolute atomic E-state index is 0.164. The third-order valence-electron chi connectivity index (χ3n) is 11.1. The van der Waals surface area contributed by atoms with Gasteiger partial charge in [0.25, 0.3) is 5.91 Å². The zero-order valence-corrected chi connectivity index (χ0v) is 32.4. The minimum atomic E-state index is -1.37. The Labute approximate surface area is 315 Å². The molecule has 3 amide bonds. The molecule has 0 aromatic heterocycles. The van der Waals surface area contributed by atoms with Crippen LogP contribution in [0.5, 0.6) is 0 Å². The fourth-order valence-electron chi connectivity index (χ4n) is 8.32. The predicted octanol–water partition coefficient (Wildman–Crippen LogP) is 5.73. The van der Waals surface area contributed by atoms with E-state index in [1.54, 1.807) is 24.0 Å². The number of halogens is 1. The molecule has 280 valence electrons. The van der Waals surface area contributed by atoms with Crippen LogP contribution in [0.25, 0.3) is 0 Å². The van der Waals surface area contributed by atoms with Crippen LogP contribution in [0.1, 0.15) is 69.2 Å². The van der Waals surface area contributed by atoms with Gasteiger partial charge in [-0.25, -0.2) is 0 Å². The molecule has 3 aliphatic heterocycles. The maximum atomic E-state index is 15.2. The minimum Gasteiger partial charge on any atom is -0.455 e. The Balaban J connectivity index is 1.57. The summed E-state index contributed by atoms with van der Waals surface area (Å²) in [5.74, 6) is -3.88. The Morgan fingerprint density at radius 2 is 1.87 bits per heavy atom. The van der Waals surface area contributed by atoms with Gasteiger partial charge in [0.1, 0.15) is 17.7 Å². The van der Waals surface area contributed by atoms with Crippen LogP contribution in [0.4, 0.5) is 5.69 Å². The molecule has 3 aliphatic rings. The number of amides is 3. The molecular weight excluding hydrogens is 726 g/mol. The molecule has 2 N–H and O–H groups in total. The zero-order chi connectivity index (χ0) is 37.9. The number of aryl methyl sites for hydroxylation is 2. The number of hydrogen-bond acceptors (Lipinski definition) is 7. The van der Waals surface area contributed by atoms with Crippen LogP contribution in [0.2, 0.25) is 0 Å². The summed E-state index contributed by atoms with van der Waals surface area (Å²) >= 11 is 3.76. The fourth-order valence-corrected chi connectivity index (χ4v) is 9.26. The monoisotopic (exact) mass is 777 g/mol. The largest absolute Gasteiger partial charge is 0.455 e. The highest BCUT2D eigenvalue weighted by atomic mass is 79.9.